The number of carbonyl (C=O) groups excluding carboxylic acids is 3. The lowest BCUT2D eigenvalue weighted by Crippen LogP contribution is -2.53. The van der Waals surface area contributed by atoms with Gasteiger partial charge >= 0.3 is 0 Å². The van der Waals surface area contributed by atoms with Crippen molar-refractivity contribution in [2.75, 3.05) is 10.2 Å². The fourth-order valence-corrected chi connectivity index (χ4v) is 4.55. The Kier molecular flexibility index (Phi) is 6.28. The first kappa shape index (κ1) is 22.0. The maximum atomic E-state index is 13.4. The van der Waals surface area contributed by atoms with Gasteiger partial charge in [0.2, 0.25) is 5.91 Å². The van der Waals surface area contributed by atoms with E-state index in [0.717, 1.165) is 25.7 Å². The minimum absolute atomic E-state index is 0.0866. The fraction of sp³-hybridized carbons (Fsp3) is 0.400. The standard InChI is InChI=1S/C25H30N4O3/c1-15(2)22-24(31)28-20-14-17(23(30)27-19-11-9-18(26)10-12-19)8-13-21(20)29(22)25(32)16-6-4-3-5-7-16/h3-8,13-15,18-19,22H,9-12,26H2,1-2H3,(H,27,30)(H,28,31). The second-order valence-electron chi connectivity index (χ2n) is 9.04. The molecule has 7 heteroatoms. The molecule has 1 aliphatic carbocycles. The van der Waals surface area contributed by atoms with Gasteiger partial charge in [-0.2, -0.15) is 0 Å². The summed E-state index contributed by atoms with van der Waals surface area (Å²) >= 11 is 0. The summed E-state index contributed by atoms with van der Waals surface area (Å²) in [5.74, 6) is -0.766. The highest BCUT2D eigenvalue weighted by atomic mass is 16.2. The van der Waals surface area contributed by atoms with Gasteiger partial charge in [-0.15, -0.1) is 0 Å². The van der Waals surface area contributed by atoms with E-state index in [2.05, 4.69) is 10.6 Å². The maximum Gasteiger partial charge on any atom is 0.259 e. The van der Waals surface area contributed by atoms with Crippen molar-refractivity contribution in [2.45, 2.75) is 57.7 Å². The molecule has 4 rings (SSSR count). The van der Waals surface area contributed by atoms with Gasteiger partial charge in [-0.3, -0.25) is 19.3 Å². The van der Waals surface area contributed by atoms with E-state index in [1.54, 1.807) is 47.4 Å². The van der Waals surface area contributed by atoms with Crippen LogP contribution in [0.1, 0.15) is 60.2 Å². The molecule has 1 aliphatic heterocycles. The van der Waals surface area contributed by atoms with Gasteiger partial charge in [-0.05, 0) is 61.9 Å². The summed E-state index contributed by atoms with van der Waals surface area (Å²) in [5, 5.41) is 5.98. The summed E-state index contributed by atoms with van der Waals surface area (Å²) in [5.41, 5.74) is 7.98. The van der Waals surface area contributed by atoms with Crippen molar-refractivity contribution in [2.24, 2.45) is 11.7 Å². The van der Waals surface area contributed by atoms with Crippen LogP contribution in [0.4, 0.5) is 11.4 Å². The molecule has 168 valence electrons. The number of nitrogens with two attached hydrogens (primary N) is 1. The Morgan fingerprint density at radius 1 is 1.03 bits per heavy atom. The summed E-state index contributed by atoms with van der Waals surface area (Å²) in [7, 11) is 0. The zero-order valence-electron chi connectivity index (χ0n) is 18.5. The lowest BCUT2D eigenvalue weighted by molar-refractivity contribution is -0.118. The van der Waals surface area contributed by atoms with E-state index in [1.807, 2.05) is 19.9 Å². The molecular formula is C25H30N4O3. The third kappa shape index (κ3) is 4.39. The van der Waals surface area contributed by atoms with Gasteiger partial charge in [0, 0.05) is 23.2 Å². The Balaban J connectivity index is 1.63. The molecule has 2 aliphatic rings. The van der Waals surface area contributed by atoms with E-state index in [-0.39, 0.29) is 35.7 Å². The fourth-order valence-electron chi connectivity index (χ4n) is 4.55. The summed E-state index contributed by atoms with van der Waals surface area (Å²) in [6.45, 7) is 3.83. The number of rotatable bonds is 4. The largest absolute Gasteiger partial charge is 0.349 e. The van der Waals surface area contributed by atoms with Crippen LogP contribution in [0.3, 0.4) is 0 Å². The molecule has 4 N–H and O–H groups in total. The van der Waals surface area contributed by atoms with Crippen molar-refractivity contribution in [1.82, 2.24) is 5.32 Å². The summed E-state index contributed by atoms with van der Waals surface area (Å²) in [4.78, 5) is 40.7. The Bertz CT molecular complexity index is 1010. The maximum absolute atomic E-state index is 13.4. The van der Waals surface area contributed by atoms with Gasteiger partial charge in [0.25, 0.3) is 11.8 Å². The average Bonchev–Trinajstić information content (AvgIpc) is 2.79. The van der Waals surface area contributed by atoms with Crippen molar-refractivity contribution in [3.8, 4) is 0 Å². The zero-order valence-corrected chi connectivity index (χ0v) is 18.5. The Morgan fingerprint density at radius 3 is 2.38 bits per heavy atom. The normalized spacial score (nSPS) is 22.8. The van der Waals surface area contributed by atoms with Crippen molar-refractivity contribution in [3.63, 3.8) is 0 Å². The van der Waals surface area contributed by atoms with Gasteiger partial charge in [0.05, 0.1) is 11.4 Å². The molecule has 0 aromatic heterocycles. The van der Waals surface area contributed by atoms with Crippen LogP contribution in [0.2, 0.25) is 0 Å². The first-order valence-electron chi connectivity index (χ1n) is 11.2. The van der Waals surface area contributed by atoms with Gasteiger partial charge < -0.3 is 16.4 Å². The Morgan fingerprint density at radius 2 is 1.72 bits per heavy atom. The molecule has 1 saturated carbocycles. The minimum atomic E-state index is -0.638. The lowest BCUT2D eigenvalue weighted by atomic mass is 9.91. The zero-order chi connectivity index (χ0) is 22.8. The average molecular weight is 435 g/mol. The number of carbonyl (C=O) groups is 3. The third-order valence-corrected chi connectivity index (χ3v) is 6.30. The number of nitrogens with zero attached hydrogens (tertiary/aromatic N) is 1. The van der Waals surface area contributed by atoms with E-state index >= 15 is 0 Å². The number of nitrogens with one attached hydrogen (secondary N) is 2. The highest BCUT2D eigenvalue weighted by Crippen LogP contribution is 2.36. The highest BCUT2D eigenvalue weighted by molar-refractivity contribution is 6.17. The van der Waals surface area contributed by atoms with E-state index in [9.17, 15) is 14.4 Å². The predicted octanol–water partition coefficient (Wildman–Crippen LogP) is 3.31. The Labute approximate surface area is 188 Å². The predicted molar refractivity (Wildman–Crippen MR) is 125 cm³/mol. The van der Waals surface area contributed by atoms with Gasteiger partial charge in [-0.1, -0.05) is 32.0 Å². The van der Waals surface area contributed by atoms with Crippen LogP contribution in [0.15, 0.2) is 48.5 Å². The van der Waals surface area contributed by atoms with Gasteiger partial charge in [0.1, 0.15) is 6.04 Å². The van der Waals surface area contributed by atoms with Crippen LogP contribution < -0.4 is 21.3 Å². The van der Waals surface area contributed by atoms with Crippen LogP contribution in [-0.4, -0.2) is 35.8 Å². The number of hydrogen-bond acceptors (Lipinski definition) is 4. The first-order chi connectivity index (χ1) is 15.3. The molecule has 1 heterocycles. The number of fused-ring (bicyclic) bond motifs is 1. The first-order valence-corrected chi connectivity index (χ1v) is 11.2. The van der Waals surface area contributed by atoms with E-state index in [4.69, 9.17) is 5.73 Å². The lowest BCUT2D eigenvalue weighted by Gasteiger charge is -2.38. The molecule has 1 atom stereocenters. The number of amides is 3. The van der Waals surface area contributed by atoms with Crippen molar-refractivity contribution < 1.29 is 14.4 Å². The summed E-state index contributed by atoms with van der Waals surface area (Å²) in [6, 6.07) is 13.7. The topological polar surface area (TPSA) is 105 Å². The Hall–Kier alpha value is -3.19. The molecule has 0 spiro atoms. The SMILES string of the molecule is CC(C)C1C(=O)Nc2cc(C(=O)NC3CCC(N)CC3)ccc2N1C(=O)c1ccccc1. The van der Waals surface area contributed by atoms with Gasteiger partial charge in [-0.25, -0.2) is 0 Å². The van der Waals surface area contributed by atoms with Crippen molar-refractivity contribution >= 4 is 29.1 Å². The van der Waals surface area contributed by atoms with Crippen LogP contribution in [0.25, 0.3) is 0 Å². The number of benzene rings is 2. The monoisotopic (exact) mass is 434 g/mol. The van der Waals surface area contributed by atoms with Crippen molar-refractivity contribution in [1.29, 1.82) is 0 Å². The van der Waals surface area contributed by atoms with Crippen LogP contribution in [-0.2, 0) is 4.79 Å². The molecule has 3 amide bonds. The summed E-state index contributed by atoms with van der Waals surface area (Å²) < 4.78 is 0. The van der Waals surface area contributed by atoms with E-state index in [0.29, 0.717) is 22.5 Å². The number of hydrogen-bond donors (Lipinski definition) is 3. The third-order valence-electron chi connectivity index (χ3n) is 6.30. The molecule has 1 unspecified atom stereocenters. The molecular weight excluding hydrogens is 404 g/mol. The molecule has 0 saturated heterocycles. The van der Waals surface area contributed by atoms with E-state index < -0.39 is 6.04 Å². The quantitative estimate of drug-likeness (QED) is 0.687. The molecule has 0 bridgehead atoms. The van der Waals surface area contributed by atoms with Crippen LogP contribution >= 0.6 is 0 Å². The second-order valence-corrected chi connectivity index (χ2v) is 9.04. The summed E-state index contributed by atoms with van der Waals surface area (Å²) in [6.07, 6.45) is 3.53. The smallest absolute Gasteiger partial charge is 0.259 e. The molecule has 1 fully saturated rings. The highest BCUT2D eigenvalue weighted by Gasteiger charge is 2.39. The molecule has 32 heavy (non-hydrogen) atoms. The van der Waals surface area contributed by atoms with Crippen molar-refractivity contribution in [3.05, 3.63) is 59.7 Å². The van der Waals surface area contributed by atoms with Crippen LogP contribution in [0, 0.1) is 5.92 Å². The minimum Gasteiger partial charge on any atom is -0.349 e. The van der Waals surface area contributed by atoms with Gasteiger partial charge in [0.15, 0.2) is 0 Å². The molecule has 7 nitrogen and oxygen atoms in total. The second kappa shape index (κ2) is 9.12. The molecule has 0 radical (unpaired) electrons. The van der Waals surface area contributed by atoms with Crippen LogP contribution in [0.5, 0.6) is 0 Å². The molecule has 2 aromatic rings. The molecule has 2 aromatic carbocycles. The number of anilines is 2. The van der Waals surface area contributed by atoms with E-state index in [1.165, 1.54) is 0 Å².